The first kappa shape index (κ1) is 18.0. The average molecular weight is 367 g/mol. The quantitative estimate of drug-likeness (QED) is 0.744. The highest BCUT2D eigenvalue weighted by Gasteiger charge is 2.32. The number of rotatable bonds is 5. The van der Waals surface area contributed by atoms with Crippen LogP contribution in [0.1, 0.15) is 17.4 Å². The maximum Gasteiger partial charge on any atom is 0.314 e. The molecule has 0 saturated heterocycles. The van der Waals surface area contributed by atoms with Crippen LogP contribution in [0.2, 0.25) is 0 Å². The van der Waals surface area contributed by atoms with E-state index in [1.165, 1.54) is 30.3 Å². The minimum Gasteiger partial charge on any atom is -0.446 e. The lowest BCUT2D eigenvalue weighted by molar-refractivity contribution is 0.0624. The Morgan fingerprint density at radius 1 is 1.19 bits per heavy atom. The Morgan fingerprint density at radius 3 is 2.58 bits per heavy atom. The van der Waals surface area contributed by atoms with Gasteiger partial charge in [-0.15, -0.1) is 5.10 Å². The number of ether oxygens (including phenoxy) is 1. The third kappa shape index (κ3) is 3.74. The molecule has 26 heavy (non-hydrogen) atoms. The summed E-state index contributed by atoms with van der Waals surface area (Å²) in [5, 5.41) is 4.82. The molecule has 0 saturated carbocycles. The van der Waals surface area contributed by atoms with Gasteiger partial charge in [-0.05, 0) is 24.3 Å². The van der Waals surface area contributed by atoms with Crippen LogP contribution in [0.5, 0.6) is 0 Å². The van der Waals surface area contributed by atoms with Crippen LogP contribution >= 0.6 is 0 Å². The summed E-state index contributed by atoms with van der Waals surface area (Å²) in [6, 6.07) is 10.4. The Morgan fingerprint density at radius 2 is 1.96 bits per heavy atom. The Bertz CT molecular complexity index is 828. The highest BCUT2D eigenvalue weighted by atomic mass is 19.3. The Balaban J connectivity index is 1.74. The van der Waals surface area contributed by atoms with Crippen LogP contribution in [0.3, 0.4) is 0 Å². The van der Waals surface area contributed by atoms with Gasteiger partial charge in [0, 0.05) is 37.5 Å². The first-order chi connectivity index (χ1) is 12.3. The van der Waals surface area contributed by atoms with Gasteiger partial charge in [0.1, 0.15) is 11.6 Å². The molecule has 0 aliphatic carbocycles. The summed E-state index contributed by atoms with van der Waals surface area (Å²) in [5.41, 5.74) is 1.38. The Labute approximate surface area is 148 Å². The van der Waals surface area contributed by atoms with Gasteiger partial charge in [0.25, 0.3) is 5.90 Å². The van der Waals surface area contributed by atoms with Crippen molar-refractivity contribution in [1.29, 1.82) is 0 Å². The molecular formula is C18H17F4N3O. The summed E-state index contributed by atoms with van der Waals surface area (Å²) in [6.07, 6.45) is -3.73. The van der Waals surface area contributed by atoms with Crippen molar-refractivity contribution >= 4 is 11.6 Å². The van der Waals surface area contributed by atoms with Crippen LogP contribution < -0.4 is 4.90 Å². The topological polar surface area (TPSA) is 28.1 Å². The van der Waals surface area contributed by atoms with Crippen molar-refractivity contribution in [2.45, 2.75) is 19.2 Å². The molecule has 1 unspecified atom stereocenters. The molecule has 1 aliphatic heterocycles. The van der Waals surface area contributed by atoms with Crippen molar-refractivity contribution in [2.75, 3.05) is 19.0 Å². The fourth-order valence-corrected chi connectivity index (χ4v) is 2.71. The number of halogens is 4. The van der Waals surface area contributed by atoms with Crippen LogP contribution in [0.25, 0.3) is 0 Å². The van der Waals surface area contributed by atoms with Crippen molar-refractivity contribution in [3.05, 3.63) is 65.2 Å². The normalized spacial score (nSPS) is 16.7. The number of anilines is 1. The second-order valence-corrected chi connectivity index (χ2v) is 5.97. The van der Waals surface area contributed by atoms with E-state index in [0.29, 0.717) is 16.8 Å². The number of nitrogens with zero attached hydrogens (tertiary/aromatic N) is 3. The second kappa shape index (κ2) is 7.23. The molecule has 1 atom stereocenters. The van der Waals surface area contributed by atoms with Gasteiger partial charge in [0.15, 0.2) is 0 Å². The standard InChI is InChI=1S/C18H17F4N3O/c1-24(14-5-3-4-13(19)9-14)10-12-7-6-11(8-15(12)20)18-25(2)23-17(26-18)16(21)22/h3-9,16,18H,10H2,1-2H3. The third-order valence-electron chi connectivity index (χ3n) is 4.03. The van der Waals surface area contributed by atoms with Crippen molar-refractivity contribution in [3.8, 4) is 0 Å². The molecule has 0 radical (unpaired) electrons. The van der Waals surface area contributed by atoms with Crippen LogP contribution in [-0.4, -0.2) is 31.4 Å². The minimum atomic E-state index is -2.83. The van der Waals surface area contributed by atoms with Crippen molar-refractivity contribution in [2.24, 2.45) is 5.10 Å². The van der Waals surface area contributed by atoms with Crippen LogP contribution in [-0.2, 0) is 11.3 Å². The summed E-state index contributed by atoms with van der Waals surface area (Å²) in [6.45, 7) is 0.218. The van der Waals surface area contributed by atoms with E-state index in [9.17, 15) is 17.6 Å². The predicted octanol–water partition coefficient (Wildman–Crippen LogP) is 4.14. The average Bonchev–Trinajstić information content (AvgIpc) is 2.99. The number of hydrogen-bond acceptors (Lipinski definition) is 4. The highest BCUT2D eigenvalue weighted by Crippen LogP contribution is 2.29. The second-order valence-electron chi connectivity index (χ2n) is 5.97. The van der Waals surface area contributed by atoms with Crippen LogP contribution in [0.15, 0.2) is 47.6 Å². The SMILES string of the molecule is CN(Cc1ccc(C2OC(C(F)F)=NN2C)cc1F)c1cccc(F)c1. The van der Waals surface area contributed by atoms with Crippen molar-refractivity contribution < 1.29 is 22.3 Å². The van der Waals surface area contributed by atoms with Crippen LogP contribution in [0, 0.1) is 11.6 Å². The van der Waals surface area contributed by atoms with Gasteiger partial charge in [-0.3, -0.25) is 5.01 Å². The van der Waals surface area contributed by atoms with Crippen LogP contribution in [0.4, 0.5) is 23.2 Å². The van der Waals surface area contributed by atoms with Gasteiger partial charge in [0.2, 0.25) is 6.23 Å². The summed E-state index contributed by atoms with van der Waals surface area (Å²) in [7, 11) is 3.20. The van der Waals surface area contributed by atoms with Gasteiger partial charge in [-0.1, -0.05) is 18.2 Å². The molecule has 0 aromatic heterocycles. The Hall–Kier alpha value is -2.77. The van der Waals surface area contributed by atoms with E-state index in [-0.39, 0.29) is 12.4 Å². The zero-order valence-electron chi connectivity index (χ0n) is 14.2. The lowest BCUT2D eigenvalue weighted by atomic mass is 10.1. The fraction of sp³-hybridized carbons (Fsp3) is 0.278. The maximum absolute atomic E-state index is 14.5. The van der Waals surface area contributed by atoms with Gasteiger partial charge < -0.3 is 9.64 Å². The molecule has 4 nitrogen and oxygen atoms in total. The zero-order chi connectivity index (χ0) is 18.8. The van der Waals surface area contributed by atoms with Gasteiger partial charge in [-0.2, -0.15) is 8.78 Å². The predicted molar refractivity (Wildman–Crippen MR) is 89.9 cm³/mol. The van der Waals surface area contributed by atoms with E-state index in [0.717, 1.165) is 0 Å². The minimum absolute atomic E-state index is 0.218. The zero-order valence-corrected chi connectivity index (χ0v) is 14.2. The van der Waals surface area contributed by atoms with E-state index in [1.807, 2.05) is 0 Å². The summed E-state index contributed by atoms with van der Waals surface area (Å²) < 4.78 is 58.3. The molecule has 0 spiro atoms. The summed E-state index contributed by atoms with van der Waals surface area (Å²) >= 11 is 0. The summed E-state index contributed by atoms with van der Waals surface area (Å²) in [5.74, 6) is -1.57. The third-order valence-corrected chi connectivity index (χ3v) is 4.03. The van der Waals surface area contributed by atoms with E-state index in [1.54, 1.807) is 36.2 Å². The monoisotopic (exact) mass is 367 g/mol. The molecule has 138 valence electrons. The maximum atomic E-state index is 14.5. The van der Waals surface area contributed by atoms with Crippen molar-refractivity contribution in [3.63, 3.8) is 0 Å². The molecule has 2 aromatic carbocycles. The fourth-order valence-electron chi connectivity index (χ4n) is 2.71. The molecule has 0 bridgehead atoms. The largest absolute Gasteiger partial charge is 0.446 e. The lowest BCUT2D eigenvalue weighted by Gasteiger charge is -2.21. The molecule has 2 aromatic rings. The first-order valence-electron chi connectivity index (χ1n) is 7.86. The van der Waals surface area contributed by atoms with E-state index in [4.69, 9.17) is 4.74 Å². The molecule has 0 N–H and O–H groups in total. The molecule has 8 heteroatoms. The molecule has 0 fully saturated rings. The van der Waals surface area contributed by atoms with E-state index in [2.05, 4.69) is 5.10 Å². The van der Waals surface area contributed by atoms with Gasteiger partial charge in [-0.25, -0.2) is 8.78 Å². The van der Waals surface area contributed by atoms with Crippen molar-refractivity contribution in [1.82, 2.24) is 5.01 Å². The van der Waals surface area contributed by atoms with E-state index >= 15 is 0 Å². The molecule has 0 amide bonds. The molecular weight excluding hydrogens is 350 g/mol. The number of benzene rings is 2. The highest BCUT2D eigenvalue weighted by molar-refractivity contribution is 5.80. The van der Waals surface area contributed by atoms with E-state index < -0.39 is 24.4 Å². The smallest absolute Gasteiger partial charge is 0.314 e. The lowest BCUT2D eigenvalue weighted by Crippen LogP contribution is -2.19. The number of hydrogen-bond donors (Lipinski definition) is 0. The molecule has 1 aliphatic rings. The molecule has 1 heterocycles. The number of alkyl halides is 2. The number of hydrazone groups is 1. The Kier molecular flexibility index (Phi) is 5.01. The van der Waals surface area contributed by atoms with Gasteiger partial charge in [0.05, 0.1) is 0 Å². The summed E-state index contributed by atoms with van der Waals surface area (Å²) in [4.78, 5) is 1.71. The molecule has 3 rings (SSSR count). The van der Waals surface area contributed by atoms with Gasteiger partial charge >= 0.3 is 6.43 Å². The first-order valence-corrected chi connectivity index (χ1v) is 7.86.